The normalized spacial score (nSPS) is 16.9. The molecule has 3 nitrogen and oxygen atoms in total. The first-order valence-corrected chi connectivity index (χ1v) is 7.35. The van der Waals surface area contributed by atoms with Crippen molar-refractivity contribution < 1.29 is 18.0 Å². The Kier molecular flexibility index (Phi) is 6.10. The maximum absolute atomic E-state index is 12.8. The number of alkyl halides is 3. The molecule has 1 aromatic rings. The van der Waals surface area contributed by atoms with Gasteiger partial charge in [-0.1, -0.05) is 18.2 Å². The van der Waals surface area contributed by atoms with Gasteiger partial charge in [-0.2, -0.15) is 13.2 Å². The zero-order valence-electron chi connectivity index (χ0n) is 13.2. The second-order valence-electron chi connectivity index (χ2n) is 6.33. The van der Waals surface area contributed by atoms with Crippen molar-refractivity contribution in [3.63, 3.8) is 0 Å². The number of piperidine rings is 1. The Bertz CT molecular complexity index is 553. The minimum Gasteiger partial charge on any atom is -0.342 e. The SMILES string of the molecule is CC(C)(C(=O)N1CCC(N)CC1)c1cccc(C(F)(F)F)c1.Cl. The number of carbonyl (C=O) groups excluding carboxylic acids is 1. The van der Waals surface area contributed by atoms with Crippen molar-refractivity contribution in [1.82, 2.24) is 4.90 Å². The van der Waals surface area contributed by atoms with Gasteiger partial charge in [0.1, 0.15) is 0 Å². The largest absolute Gasteiger partial charge is 0.416 e. The fraction of sp³-hybridized carbons (Fsp3) is 0.562. The lowest BCUT2D eigenvalue weighted by Crippen LogP contribution is -2.49. The molecule has 7 heteroatoms. The van der Waals surface area contributed by atoms with Gasteiger partial charge >= 0.3 is 6.18 Å². The summed E-state index contributed by atoms with van der Waals surface area (Å²) in [5.74, 6) is -0.154. The van der Waals surface area contributed by atoms with Gasteiger partial charge in [0.25, 0.3) is 0 Å². The lowest BCUT2D eigenvalue weighted by atomic mass is 9.82. The van der Waals surface area contributed by atoms with Gasteiger partial charge in [0.05, 0.1) is 11.0 Å². The number of benzene rings is 1. The molecule has 1 fully saturated rings. The van der Waals surface area contributed by atoms with Crippen LogP contribution in [0.2, 0.25) is 0 Å². The molecule has 1 aliphatic heterocycles. The molecule has 2 N–H and O–H groups in total. The van der Waals surface area contributed by atoms with Crippen LogP contribution in [0.5, 0.6) is 0 Å². The second-order valence-corrected chi connectivity index (χ2v) is 6.33. The first-order valence-electron chi connectivity index (χ1n) is 7.35. The number of hydrogen-bond acceptors (Lipinski definition) is 2. The predicted molar refractivity (Wildman–Crippen MR) is 85.5 cm³/mol. The van der Waals surface area contributed by atoms with E-state index in [2.05, 4.69) is 0 Å². The Morgan fingerprint density at radius 2 is 1.70 bits per heavy atom. The smallest absolute Gasteiger partial charge is 0.342 e. The summed E-state index contributed by atoms with van der Waals surface area (Å²) < 4.78 is 38.5. The van der Waals surface area contributed by atoms with Crippen LogP contribution in [-0.4, -0.2) is 29.9 Å². The minimum absolute atomic E-state index is 0. The average Bonchev–Trinajstić information content (AvgIpc) is 2.46. The number of halogens is 4. The highest BCUT2D eigenvalue weighted by atomic mass is 35.5. The fourth-order valence-corrected chi connectivity index (χ4v) is 2.71. The Morgan fingerprint density at radius 1 is 1.17 bits per heavy atom. The molecular weight excluding hydrogens is 329 g/mol. The van der Waals surface area contributed by atoms with Gasteiger partial charge in [0.15, 0.2) is 0 Å². The number of rotatable bonds is 2. The van der Waals surface area contributed by atoms with Crippen LogP contribution in [0, 0.1) is 0 Å². The monoisotopic (exact) mass is 350 g/mol. The van der Waals surface area contributed by atoms with Crippen molar-refractivity contribution in [3.05, 3.63) is 35.4 Å². The van der Waals surface area contributed by atoms with E-state index in [9.17, 15) is 18.0 Å². The zero-order valence-corrected chi connectivity index (χ0v) is 14.0. The Hall–Kier alpha value is -1.27. The van der Waals surface area contributed by atoms with E-state index in [1.807, 2.05) is 0 Å². The predicted octanol–water partition coefficient (Wildman–Crippen LogP) is 3.35. The number of nitrogens with two attached hydrogens (primary N) is 1. The quantitative estimate of drug-likeness (QED) is 0.889. The molecule has 1 amide bonds. The van der Waals surface area contributed by atoms with Gasteiger partial charge in [0, 0.05) is 19.1 Å². The first kappa shape index (κ1) is 19.8. The van der Waals surface area contributed by atoms with Crippen molar-refractivity contribution in [3.8, 4) is 0 Å². The number of hydrogen-bond donors (Lipinski definition) is 1. The van der Waals surface area contributed by atoms with Crippen molar-refractivity contribution in [2.75, 3.05) is 13.1 Å². The third-order valence-corrected chi connectivity index (χ3v) is 4.27. The minimum atomic E-state index is -4.41. The van der Waals surface area contributed by atoms with Crippen molar-refractivity contribution >= 4 is 18.3 Å². The van der Waals surface area contributed by atoms with Crippen molar-refractivity contribution in [1.29, 1.82) is 0 Å². The van der Waals surface area contributed by atoms with Gasteiger partial charge < -0.3 is 10.6 Å². The first-order chi connectivity index (χ1) is 10.1. The molecule has 1 saturated heterocycles. The summed E-state index contributed by atoms with van der Waals surface area (Å²) >= 11 is 0. The highest BCUT2D eigenvalue weighted by molar-refractivity contribution is 5.87. The molecule has 23 heavy (non-hydrogen) atoms. The zero-order chi connectivity index (χ0) is 16.5. The molecule has 0 unspecified atom stereocenters. The molecule has 0 aromatic heterocycles. The number of likely N-dealkylation sites (tertiary alicyclic amines) is 1. The third kappa shape index (κ3) is 4.38. The molecule has 0 spiro atoms. The van der Waals surface area contributed by atoms with E-state index in [4.69, 9.17) is 5.73 Å². The number of amides is 1. The van der Waals surface area contributed by atoms with E-state index in [1.54, 1.807) is 24.8 Å². The Balaban J connectivity index is 0.00000264. The van der Waals surface area contributed by atoms with Crippen molar-refractivity contribution in [2.24, 2.45) is 5.73 Å². The molecule has 2 rings (SSSR count). The van der Waals surface area contributed by atoms with E-state index in [-0.39, 0.29) is 24.4 Å². The molecule has 1 aliphatic rings. The van der Waals surface area contributed by atoms with E-state index < -0.39 is 17.2 Å². The van der Waals surface area contributed by atoms with Crippen LogP contribution in [0.25, 0.3) is 0 Å². The molecule has 0 saturated carbocycles. The van der Waals surface area contributed by atoms with Gasteiger partial charge in [0.2, 0.25) is 5.91 Å². The van der Waals surface area contributed by atoms with Crippen LogP contribution in [0.1, 0.15) is 37.8 Å². The summed E-state index contributed by atoms with van der Waals surface area (Å²) in [4.78, 5) is 14.4. The molecule has 0 aliphatic carbocycles. The molecule has 1 heterocycles. The average molecular weight is 351 g/mol. The van der Waals surface area contributed by atoms with Crippen LogP contribution in [0.4, 0.5) is 13.2 Å². The second kappa shape index (κ2) is 7.09. The highest BCUT2D eigenvalue weighted by Crippen LogP contribution is 2.34. The van der Waals surface area contributed by atoms with Crippen molar-refractivity contribution in [2.45, 2.75) is 44.3 Å². The van der Waals surface area contributed by atoms with E-state index in [0.29, 0.717) is 18.7 Å². The maximum Gasteiger partial charge on any atom is 0.416 e. The van der Waals surface area contributed by atoms with Crippen LogP contribution >= 0.6 is 12.4 Å². The van der Waals surface area contributed by atoms with Gasteiger partial charge in [-0.3, -0.25) is 4.79 Å². The van der Waals surface area contributed by atoms with Crippen LogP contribution < -0.4 is 5.73 Å². The molecule has 0 radical (unpaired) electrons. The summed E-state index contributed by atoms with van der Waals surface area (Å²) in [6.45, 7) is 4.45. The van der Waals surface area contributed by atoms with E-state index in [1.165, 1.54) is 6.07 Å². The summed E-state index contributed by atoms with van der Waals surface area (Å²) in [5.41, 5.74) is 4.47. The maximum atomic E-state index is 12.8. The summed E-state index contributed by atoms with van der Waals surface area (Å²) in [5, 5.41) is 0. The number of nitrogens with zero attached hydrogens (tertiary/aromatic N) is 1. The highest BCUT2D eigenvalue weighted by Gasteiger charge is 2.37. The lowest BCUT2D eigenvalue weighted by molar-refractivity contribution is -0.139. The Morgan fingerprint density at radius 3 is 2.22 bits per heavy atom. The van der Waals surface area contributed by atoms with Gasteiger partial charge in [-0.25, -0.2) is 0 Å². The van der Waals surface area contributed by atoms with Gasteiger partial charge in [-0.05, 0) is 38.3 Å². The van der Waals surface area contributed by atoms with E-state index >= 15 is 0 Å². The number of carbonyl (C=O) groups is 1. The lowest BCUT2D eigenvalue weighted by Gasteiger charge is -2.36. The third-order valence-electron chi connectivity index (χ3n) is 4.27. The van der Waals surface area contributed by atoms with E-state index in [0.717, 1.165) is 25.0 Å². The molecular formula is C16H22ClF3N2O. The molecule has 130 valence electrons. The molecule has 1 aromatic carbocycles. The summed E-state index contributed by atoms with van der Waals surface area (Å²) in [7, 11) is 0. The topological polar surface area (TPSA) is 46.3 Å². The standard InChI is InChI=1S/C16H21F3N2O.ClH/c1-15(2,14(22)21-8-6-13(20)7-9-21)11-4-3-5-12(10-11)16(17,18)19;/h3-5,10,13H,6-9,20H2,1-2H3;1H. The van der Waals surface area contributed by atoms with Gasteiger partial charge in [-0.15, -0.1) is 12.4 Å². The molecule has 0 bridgehead atoms. The summed E-state index contributed by atoms with van der Waals surface area (Å²) in [6, 6.07) is 5.10. The fourth-order valence-electron chi connectivity index (χ4n) is 2.71. The molecule has 0 atom stereocenters. The van der Waals surface area contributed by atoms with Crippen LogP contribution in [0.3, 0.4) is 0 Å². The van der Waals surface area contributed by atoms with Crippen LogP contribution in [-0.2, 0) is 16.4 Å². The Labute approximate surface area is 140 Å². The summed E-state index contributed by atoms with van der Waals surface area (Å²) in [6.07, 6.45) is -2.96. The van der Waals surface area contributed by atoms with Crippen LogP contribution in [0.15, 0.2) is 24.3 Å².